The second kappa shape index (κ2) is 5.23. The maximum Gasteiger partial charge on any atom is 0.208 e. The Morgan fingerprint density at radius 1 is 1.50 bits per heavy atom. The van der Waals surface area contributed by atoms with Gasteiger partial charge in [-0.05, 0) is 6.42 Å². The lowest BCUT2D eigenvalue weighted by atomic mass is 10.4. The smallest absolute Gasteiger partial charge is 0.208 e. The lowest BCUT2D eigenvalue weighted by molar-refractivity contribution is 0.586. The summed E-state index contributed by atoms with van der Waals surface area (Å²) in [5, 5.41) is 3.78. The molecule has 1 heterocycles. The second-order valence-corrected chi connectivity index (χ2v) is 5.31. The fourth-order valence-electron chi connectivity index (χ4n) is 0.792. The van der Waals surface area contributed by atoms with Gasteiger partial charge in [0.25, 0.3) is 0 Å². The topological polar surface area (TPSA) is 84.0 Å². The van der Waals surface area contributed by atoms with Crippen LogP contribution >= 0.6 is 11.5 Å². The predicted octanol–water partition coefficient (Wildman–Crippen LogP) is -0.111. The molecule has 0 saturated heterocycles. The van der Waals surface area contributed by atoms with E-state index in [0.717, 1.165) is 11.4 Å². The highest BCUT2D eigenvalue weighted by atomic mass is 32.2. The van der Waals surface area contributed by atoms with Gasteiger partial charge in [-0.2, -0.15) is 4.37 Å². The van der Waals surface area contributed by atoms with Crippen LogP contribution in [-0.4, -0.2) is 37.1 Å². The monoisotopic (exact) mass is 236 g/mol. The molecule has 0 aliphatic heterocycles. The quantitative estimate of drug-likeness (QED) is 0.673. The van der Waals surface area contributed by atoms with Crippen molar-refractivity contribution in [1.82, 2.24) is 14.1 Å². The molecular formula is C6H12N4O2S2. The van der Waals surface area contributed by atoms with Crippen molar-refractivity contribution >= 4 is 26.7 Å². The number of nitrogens with one attached hydrogen (secondary N) is 2. The van der Waals surface area contributed by atoms with Gasteiger partial charge in [-0.25, -0.2) is 18.1 Å². The average molecular weight is 236 g/mol. The van der Waals surface area contributed by atoms with E-state index in [1.807, 2.05) is 0 Å². The van der Waals surface area contributed by atoms with Crippen LogP contribution in [0, 0.1) is 0 Å². The number of sulfonamides is 1. The van der Waals surface area contributed by atoms with Crippen LogP contribution in [0.4, 0.5) is 5.13 Å². The average Bonchev–Trinajstić information content (AvgIpc) is 2.54. The molecule has 0 bridgehead atoms. The van der Waals surface area contributed by atoms with Crippen LogP contribution in [0.25, 0.3) is 0 Å². The number of anilines is 1. The van der Waals surface area contributed by atoms with Crippen LogP contribution in [-0.2, 0) is 10.0 Å². The zero-order valence-electron chi connectivity index (χ0n) is 7.73. The van der Waals surface area contributed by atoms with Gasteiger partial charge in [0.1, 0.15) is 6.33 Å². The van der Waals surface area contributed by atoms with Crippen LogP contribution in [0.5, 0.6) is 0 Å². The molecule has 0 spiro atoms. The molecule has 2 N–H and O–H groups in total. The minimum absolute atomic E-state index is 0.435. The van der Waals surface area contributed by atoms with E-state index in [1.165, 1.54) is 17.9 Å². The van der Waals surface area contributed by atoms with E-state index in [4.69, 9.17) is 0 Å². The normalized spacial score (nSPS) is 11.5. The van der Waals surface area contributed by atoms with Gasteiger partial charge >= 0.3 is 0 Å². The van der Waals surface area contributed by atoms with Crippen LogP contribution in [0.1, 0.15) is 6.42 Å². The molecule has 0 atom stereocenters. The Bertz CT molecular complexity index is 348. The Hall–Kier alpha value is -0.730. The maximum absolute atomic E-state index is 10.7. The fourth-order valence-corrected chi connectivity index (χ4v) is 1.76. The largest absolute Gasteiger partial charge is 0.360 e. The fraction of sp³-hybridized carbons (Fsp3) is 0.667. The molecule has 0 aromatic carbocycles. The van der Waals surface area contributed by atoms with Gasteiger partial charge in [0, 0.05) is 24.6 Å². The van der Waals surface area contributed by atoms with Crippen molar-refractivity contribution in [3.63, 3.8) is 0 Å². The summed E-state index contributed by atoms with van der Waals surface area (Å²) in [7, 11) is -3.06. The van der Waals surface area contributed by atoms with E-state index < -0.39 is 10.0 Å². The Balaban J connectivity index is 2.06. The summed E-state index contributed by atoms with van der Waals surface area (Å²) in [6, 6.07) is 0. The summed E-state index contributed by atoms with van der Waals surface area (Å²) in [6.07, 6.45) is 3.33. The molecule has 1 aromatic heterocycles. The van der Waals surface area contributed by atoms with Crippen molar-refractivity contribution in [1.29, 1.82) is 0 Å². The molecule has 6 nitrogen and oxygen atoms in total. The van der Waals surface area contributed by atoms with E-state index in [2.05, 4.69) is 19.4 Å². The Morgan fingerprint density at radius 3 is 2.86 bits per heavy atom. The molecule has 0 saturated carbocycles. The van der Waals surface area contributed by atoms with Crippen LogP contribution in [0.3, 0.4) is 0 Å². The summed E-state index contributed by atoms with van der Waals surface area (Å²) in [5.74, 6) is 0. The van der Waals surface area contributed by atoms with Crippen molar-refractivity contribution in [2.45, 2.75) is 6.42 Å². The molecule has 0 aliphatic rings. The van der Waals surface area contributed by atoms with Gasteiger partial charge in [-0.3, -0.25) is 0 Å². The molecule has 8 heteroatoms. The number of hydrogen-bond donors (Lipinski definition) is 2. The lowest BCUT2D eigenvalue weighted by Gasteiger charge is -2.02. The summed E-state index contributed by atoms with van der Waals surface area (Å²) < 4.78 is 27.6. The van der Waals surface area contributed by atoms with Crippen molar-refractivity contribution in [2.75, 3.05) is 24.7 Å². The van der Waals surface area contributed by atoms with Crippen LogP contribution < -0.4 is 10.0 Å². The van der Waals surface area contributed by atoms with Crippen molar-refractivity contribution in [2.24, 2.45) is 0 Å². The second-order valence-electron chi connectivity index (χ2n) is 2.69. The van der Waals surface area contributed by atoms with E-state index in [1.54, 1.807) is 0 Å². The summed E-state index contributed by atoms with van der Waals surface area (Å²) in [5.41, 5.74) is 0. The van der Waals surface area contributed by atoms with Gasteiger partial charge in [-0.1, -0.05) is 0 Å². The zero-order chi connectivity index (χ0) is 10.4. The minimum Gasteiger partial charge on any atom is -0.360 e. The summed E-state index contributed by atoms with van der Waals surface area (Å²) in [4.78, 5) is 3.92. The molecule has 0 radical (unpaired) electrons. The SMILES string of the molecule is CS(=O)(=O)NCCCNc1ncns1. The molecule has 80 valence electrons. The number of rotatable bonds is 6. The van der Waals surface area contributed by atoms with E-state index >= 15 is 0 Å². The van der Waals surface area contributed by atoms with Crippen molar-refractivity contribution in [3.05, 3.63) is 6.33 Å². The predicted molar refractivity (Wildman–Crippen MR) is 55.9 cm³/mol. The minimum atomic E-state index is -3.06. The number of nitrogens with zero attached hydrogens (tertiary/aromatic N) is 2. The third-order valence-corrected chi connectivity index (χ3v) is 2.71. The highest BCUT2D eigenvalue weighted by molar-refractivity contribution is 7.88. The van der Waals surface area contributed by atoms with Crippen molar-refractivity contribution in [3.8, 4) is 0 Å². The highest BCUT2D eigenvalue weighted by Gasteiger charge is 1.99. The molecule has 1 aromatic rings. The van der Waals surface area contributed by atoms with Crippen LogP contribution in [0.15, 0.2) is 6.33 Å². The first kappa shape index (κ1) is 11.3. The lowest BCUT2D eigenvalue weighted by Crippen LogP contribution is -2.24. The zero-order valence-corrected chi connectivity index (χ0v) is 9.36. The van der Waals surface area contributed by atoms with E-state index in [9.17, 15) is 8.42 Å². The molecule has 0 unspecified atom stereocenters. The third kappa shape index (κ3) is 5.10. The van der Waals surface area contributed by atoms with Gasteiger partial charge in [0.2, 0.25) is 15.2 Å². The first-order valence-corrected chi connectivity index (χ1v) is 6.69. The van der Waals surface area contributed by atoms with Gasteiger partial charge in [0.15, 0.2) is 0 Å². The van der Waals surface area contributed by atoms with Gasteiger partial charge in [0.05, 0.1) is 6.26 Å². The van der Waals surface area contributed by atoms with E-state index in [-0.39, 0.29) is 0 Å². The Kier molecular flexibility index (Phi) is 4.23. The van der Waals surface area contributed by atoms with Gasteiger partial charge in [-0.15, -0.1) is 0 Å². The molecule has 14 heavy (non-hydrogen) atoms. The Morgan fingerprint density at radius 2 is 2.29 bits per heavy atom. The number of aromatic nitrogens is 2. The molecule has 0 aliphatic carbocycles. The third-order valence-electron chi connectivity index (χ3n) is 1.36. The molecule has 0 fully saturated rings. The summed E-state index contributed by atoms with van der Waals surface area (Å²) in [6.45, 7) is 1.11. The first-order chi connectivity index (χ1) is 6.58. The highest BCUT2D eigenvalue weighted by Crippen LogP contribution is 2.05. The summed E-state index contributed by atoms with van der Waals surface area (Å²) >= 11 is 1.28. The Labute approximate surface area is 87.0 Å². The first-order valence-electron chi connectivity index (χ1n) is 4.03. The molecular weight excluding hydrogens is 224 g/mol. The van der Waals surface area contributed by atoms with Crippen molar-refractivity contribution < 1.29 is 8.42 Å². The maximum atomic E-state index is 10.7. The van der Waals surface area contributed by atoms with Crippen LogP contribution in [0.2, 0.25) is 0 Å². The number of hydrogen-bond acceptors (Lipinski definition) is 6. The molecule has 1 rings (SSSR count). The van der Waals surface area contributed by atoms with Gasteiger partial charge < -0.3 is 5.32 Å². The molecule has 0 amide bonds. The standard InChI is InChI=1S/C6H12N4O2S2/c1-14(11,12)10-4-2-3-7-6-8-5-9-13-6/h5,10H,2-4H2,1H3,(H,7,8,9). The van der Waals surface area contributed by atoms with E-state index in [0.29, 0.717) is 19.5 Å².